The van der Waals surface area contributed by atoms with Gasteiger partial charge in [-0.1, -0.05) is 0 Å². The molecule has 0 aliphatic heterocycles. The molecule has 0 bridgehead atoms. The molecule has 1 rings (SSSR count). The lowest BCUT2D eigenvalue weighted by Crippen LogP contribution is -2.39. The molecule has 1 amide bonds. The van der Waals surface area contributed by atoms with Gasteiger partial charge in [0.2, 0.25) is 5.91 Å². The average Bonchev–Trinajstić information content (AvgIpc) is 2.20. The predicted octanol–water partition coefficient (Wildman–Crippen LogP) is 1.03. The third kappa shape index (κ3) is 7.88. The number of alkyl halides is 3. The summed E-state index contributed by atoms with van der Waals surface area (Å²) in [6, 6.07) is 0.743. The second-order valence-corrected chi connectivity index (χ2v) is 4.12. The van der Waals surface area contributed by atoms with Crippen molar-refractivity contribution in [3.05, 3.63) is 0 Å². The zero-order chi connectivity index (χ0) is 14.3. The SMILES string of the molecule is CC(=O)NC1CCC(N)CC1.O=C(O)C(F)(F)F. The zero-order valence-corrected chi connectivity index (χ0v) is 9.96. The molecule has 8 heteroatoms. The van der Waals surface area contributed by atoms with Crippen LogP contribution in [0.25, 0.3) is 0 Å². The molecule has 0 aromatic rings. The van der Waals surface area contributed by atoms with Gasteiger partial charge in [-0.2, -0.15) is 13.2 Å². The van der Waals surface area contributed by atoms with Gasteiger partial charge in [0, 0.05) is 19.0 Å². The van der Waals surface area contributed by atoms with E-state index in [4.69, 9.17) is 15.6 Å². The van der Waals surface area contributed by atoms with Crippen LogP contribution in [-0.2, 0) is 9.59 Å². The Balaban J connectivity index is 0.000000360. The lowest BCUT2D eigenvalue weighted by molar-refractivity contribution is -0.192. The van der Waals surface area contributed by atoms with Crippen molar-refractivity contribution in [3.63, 3.8) is 0 Å². The molecule has 5 nitrogen and oxygen atoms in total. The van der Waals surface area contributed by atoms with Gasteiger partial charge >= 0.3 is 12.1 Å². The third-order valence-corrected chi connectivity index (χ3v) is 2.42. The highest BCUT2D eigenvalue weighted by Crippen LogP contribution is 2.16. The molecule has 0 aromatic heterocycles. The number of carbonyl (C=O) groups excluding carboxylic acids is 1. The highest BCUT2D eigenvalue weighted by molar-refractivity contribution is 5.73. The topological polar surface area (TPSA) is 92.4 Å². The Kier molecular flexibility index (Phi) is 6.67. The molecule has 4 N–H and O–H groups in total. The smallest absolute Gasteiger partial charge is 0.475 e. The summed E-state index contributed by atoms with van der Waals surface area (Å²) < 4.78 is 31.7. The summed E-state index contributed by atoms with van der Waals surface area (Å²) in [6.07, 6.45) is -0.905. The van der Waals surface area contributed by atoms with E-state index in [1.165, 1.54) is 0 Å². The van der Waals surface area contributed by atoms with E-state index in [1.807, 2.05) is 0 Å². The molecule has 0 spiro atoms. The van der Waals surface area contributed by atoms with Crippen molar-refractivity contribution >= 4 is 11.9 Å². The van der Waals surface area contributed by atoms with Crippen LogP contribution in [0.3, 0.4) is 0 Å². The fourth-order valence-electron chi connectivity index (χ4n) is 1.55. The fourth-order valence-corrected chi connectivity index (χ4v) is 1.55. The number of carboxylic acids is 1. The van der Waals surface area contributed by atoms with Crippen LogP contribution >= 0.6 is 0 Å². The van der Waals surface area contributed by atoms with E-state index in [0.29, 0.717) is 12.1 Å². The van der Waals surface area contributed by atoms with Gasteiger partial charge in [0.1, 0.15) is 0 Å². The van der Waals surface area contributed by atoms with Crippen molar-refractivity contribution in [2.24, 2.45) is 5.73 Å². The normalized spacial score (nSPS) is 23.6. The Labute approximate surface area is 103 Å². The molecule has 0 unspecified atom stereocenters. The highest BCUT2D eigenvalue weighted by Gasteiger charge is 2.38. The van der Waals surface area contributed by atoms with E-state index in [1.54, 1.807) is 6.92 Å². The molecule has 1 fully saturated rings. The fraction of sp³-hybridized carbons (Fsp3) is 0.800. The molecule has 0 aromatic carbocycles. The Morgan fingerprint density at radius 2 is 1.61 bits per heavy atom. The quantitative estimate of drug-likeness (QED) is 0.663. The number of nitrogens with two attached hydrogens (primary N) is 1. The number of aliphatic carboxylic acids is 1. The van der Waals surface area contributed by atoms with E-state index in [-0.39, 0.29) is 5.91 Å². The van der Waals surface area contributed by atoms with E-state index >= 15 is 0 Å². The van der Waals surface area contributed by atoms with Gasteiger partial charge in [-0.05, 0) is 25.7 Å². The molecular weight excluding hydrogens is 253 g/mol. The van der Waals surface area contributed by atoms with Gasteiger partial charge in [0.15, 0.2) is 0 Å². The minimum Gasteiger partial charge on any atom is -0.475 e. The number of amides is 1. The van der Waals surface area contributed by atoms with Gasteiger partial charge in [-0.15, -0.1) is 0 Å². The highest BCUT2D eigenvalue weighted by atomic mass is 19.4. The van der Waals surface area contributed by atoms with E-state index in [2.05, 4.69) is 5.32 Å². The molecule has 0 atom stereocenters. The second-order valence-electron chi connectivity index (χ2n) is 4.12. The molecule has 0 saturated heterocycles. The molecule has 1 saturated carbocycles. The third-order valence-electron chi connectivity index (χ3n) is 2.42. The summed E-state index contributed by atoms with van der Waals surface area (Å²) in [5.41, 5.74) is 5.72. The van der Waals surface area contributed by atoms with Crippen molar-refractivity contribution in [1.82, 2.24) is 5.32 Å². The van der Waals surface area contributed by atoms with Crippen molar-refractivity contribution < 1.29 is 27.9 Å². The Morgan fingerprint density at radius 1 is 1.22 bits per heavy atom. The molecule has 18 heavy (non-hydrogen) atoms. The van der Waals surface area contributed by atoms with E-state index in [9.17, 15) is 18.0 Å². The van der Waals surface area contributed by atoms with Crippen molar-refractivity contribution in [3.8, 4) is 0 Å². The van der Waals surface area contributed by atoms with Crippen LogP contribution in [0.2, 0.25) is 0 Å². The van der Waals surface area contributed by atoms with Crippen LogP contribution in [0, 0.1) is 0 Å². The summed E-state index contributed by atoms with van der Waals surface area (Å²) in [5.74, 6) is -2.68. The van der Waals surface area contributed by atoms with Crippen LogP contribution < -0.4 is 11.1 Å². The standard InChI is InChI=1S/C8H16N2O.C2HF3O2/c1-6(11)10-8-4-2-7(9)3-5-8;3-2(4,5)1(6)7/h7-8H,2-5,9H2,1H3,(H,10,11);(H,6,7). The van der Waals surface area contributed by atoms with Gasteiger partial charge in [-0.3, -0.25) is 4.79 Å². The summed E-state index contributed by atoms with van der Waals surface area (Å²) in [6.45, 7) is 1.56. The van der Waals surface area contributed by atoms with Crippen molar-refractivity contribution in [2.75, 3.05) is 0 Å². The van der Waals surface area contributed by atoms with Gasteiger partial charge in [0.05, 0.1) is 0 Å². The first-order valence-electron chi connectivity index (χ1n) is 5.45. The summed E-state index contributed by atoms with van der Waals surface area (Å²) >= 11 is 0. The lowest BCUT2D eigenvalue weighted by Gasteiger charge is -2.26. The monoisotopic (exact) mass is 270 g/mol. The number of nitrogens with one attached hydrogen (secondary N) is 1. The van der Waals surface area contributed by atoms with Gasteiger partial charge < -0.3 is 16.2 Å². The summed E-state index contributed by atoms with van der Waals surface area (Å²) in [4.78, 5) is 19.5. The van der Waals surface area contributed by atoms with Crippen LogP contribution in [0.5, 0.6) is 0 Å². The summed E-state index contributed by atoms with van der Waals surface area (Å²) in [5, 5.41) is 10.0. The molecule has 106 valence electrons. The Bertz CT molecular complexity index is 287. The molecular formula is C10H17F3N2O3. The first-order valence-corrected chi connectivity index (χ1v) is 5.45. The number of halogens is 3. The van der Waals surface area contributed by atoms with Crippen molar-refractivity contribution in [1.29, 1.82) is 0 Å². The molecule has 0 heterocycles. The van der Waals surface area contributed by atoms with Crippen LogP contribution in [0.4, 0.5) is 13.2 Å². The number of rotatable bonds is 1. The van der Waals surface area contributed by atoms with Crippen molar-refractivity contribution in [2.45, 2.75) is 50.9 Å². The maximum Gasteiger partial charge on any atom is 0.490 e. The molecule has 0 radical (unpaired) electrons. The molecule has 1 aliphatic rings. The van der Waals surface area contributed by atoms with Gasteiger partial charge in [-0.25, -0.2) is 4.79 Å². The van der Waals surface area contributed by atoms with Crippen LogP contribution in [0.15, 0.2) is 0 Å². The molecule has 1 aliphatic carbocycles. The second kappa shape index (κ2) is 7.20. The van der Waals surface area contributed by atoms with E-state index in [0.717, 1.165) is 25.7 Å². The summed E-state index contributed by atoms with van der Waals surface area (Å²) in [7, 11) is 0. The Morgan fingerprint density at radius 3 is 1.89 bits per heavy atom. The number of carbonyl (C=O) groups is 2. The number of hydrogen-bond acceptors (Lipinski definition) is 3. The maximum absolute atomic E-state index is 10.7. The first kappa shape index (κ1) is 16.7. The van der Waals surface area contributed by atoms with Gasteiger partial charge in [0.25, 0.3) is 0 Å². The average molecular weight is 270 g/mol. The predicted molar refractivity (Wildman–Crippen MR) is 57.7 cm³/mol. The van der Waals surface area contributed by atoms with Crippen LogP contribution in [-0.4, -0.2) is 35.2 Å². The largest absolute Gasteiger partial charge is 0.490 e. The minimum atomic E-state index is -5.08. The van der Waals surface area contributed by atoms with Crippen LogP contribution in [0.1, 0.15) is 32.6 Å². The number of carboxylic acid groups (broad SMARTS) is 1. The Hall–Kier alpha value is -1.31. The van der Waals surface area contributed by atoms with E-state index < -0.39 is 12.1 Å². The lowest BCUT2D eigenvalue weighted by atomic mass is 9.92. The zero-order valence-electron chi connectivity index (χ0n) is 9.96. The number of hydrogen-bond donors (Lipinski definition) is 3. The maximum atomic E-state index is 10.7. The first-order chi connectivity index (χ1) is 8.12. The minimum absolute atomic E-state index is 0.0745.